The number of hydrogen-bond donors (Lipinski definition) is 1. The van der Waals surface area contributed by atoms with E-state index < -0.39 is 10.0 Å². The summed E-state index contributed by atoms with van der Waals surface area (Å²) in [4.78, 5) is 18.9. The normalized spacial score (nSPS) is 11.5. The quantitative estimate of drug-likeness (QED) is 0.681. The Kier molecular flexibility index (Phi) is 6.88. The van der Waals surface area contributed by atoms with Gasteiger partial charge in [-0.2, -0.15) is 0 Å². The van der Waals surface area contributed by atoms with Crippen LogP contribution in [0.25, 0.3) is 0 Å². The molecule has 0 saturated heterocycles. The molecule has 0 amide bonds. The van der Waals surface area contributed by atoms with Crippen LogP contribution in [-0.2, 0) is 16.4 Å². The van der Waals surface area contributed by atoms with Crippen molar-refractivity contribution in [2.75, 3.05) is 31.1 Å². The van der Waals surface area contributed by atoms with Crippen molar-refractivity contribution in [2.45, 2.75) is 19.8 Å². The molecule has 2 aromatic rings. The minimum absolute atomic E-state index is 0.0384. The number of aromatic nitrogens is 1. The molecular weight excluding hydrogens is 350 g/mol. The largest absolute Gasteiger partial charge is 0.306 e. The molecule has 0 unspecified atom stereocenters. The minimum atomic E-state index is -3.31. The maximum absolute atomic E-state index is 12.3. The van der Waals surface area contributed by atoms with Crippen molar-refractivity contribution >= 4 is 21.5 Å². The number of carbonyl (C=O) groups is 1. The Morgan fingerprint density at radius 1 is 1.12 bits per heavy atom. The second-order valence-electron chi connectivity index (χ2n) is 6.45. The standard InChI is InChI=1S/C19H25N3O3S/c1-15-5-4-6-17(20-15)11-13-22(2)14-12-19(23)16-7-9-18(10-8-16)21-26(3,24)25/h4-10,21H,11-14H2,1-3H3. The SMILES string of the molecule is Cc1cccc(CCN(C)CCC(=O)c2ccc(NS(C)(=O)=O)cc2)n1. The van der Waals surface area contributed by atoms with Crippen LogP contribution >= 0.6 is 0 Å². The van der Waals surface area contributed by atoms with Crippen LogP contribution in [0, 0.1) is 6.92 Å². The van der Waals surface area contributed by atoms with Gasteiger partial charge in [0.1, 0.15) is 0 Å². The first-order chi connectivity index (χ1) is 12.2. The summed E-state index contributed by atoms with van der Waals surface area (Å²) in [5, 5.41) is 0. The van der Waals surface area contributed by atoms with Crippen molar-refractivity contribution in [3.8, 4) is 0 Å². The Morgan fingerprint density at radius 3 is 2.42 bits per heavy atom. The van der Waals surface area contributed by atoms with Gasteiger partial charge in [0.05, 0.1) is 6.26 Å². The Morgan fingerprint density at radius 2 is 1.81 bits per heavy atom. The van der Waals surface area contributed by atoms with Crippen molar-refractivity contribution in [1.82, 2.24) is 9.88 Å². The van der Waals surface area contributed by atoms with Crippen molar-refractivity contribution in [1.29, 1.82) is 0 Å². The molecule has 2 rings (SSSR count). The highest BCUT2D eigenvalue weighted by Gasteiger charge is 2.09. The number of pyridine rings is 1. The van der Waals surface area contributed by atoms with Crippen LogP contribution in [0.3, 0.4) is 0 Å². The van der Waals surface area contributed by atoms with Crippen LogP contribution in [0.4, 0.5) is 5.69 Å². The molecule has 0 atom stereocenters. The van der Waals surface area contributed by atoms with Gasteiger partial charge in [-0.3, -0.25) is 14.5 Å². The molecule has 0 aliphatic carbocycles. The van der Waals surface area contributed by atoms with Crippen LogP contribution in [0.1, 0.15) is 28.2 Å². The Balaban J connectivity index is 1.80. The molecule has 6 nitrogen and oxygen atoms in total. The third-order valence-electron chi connectivity index (χ3n) is 3.93. The number of benzene rings is 1. The van der Waals surface area contributed by atoms with E-state index in [0.29, 0.717) is 24.2 Å². The lowest BCUT2D eigenvalue weighted by Crippen LogP contribution is -2.24. The molecule has 1 aromatic carbocycles. The van der Waals surface area contributed by atoms with Crippen molar-refractivity contribution < 1.29 is 13.2 Å². The topological polar surface area (TPSA) is 79.4 Å². The van der Waals surface area contributed by atoms with E-state index >= 15 is 0 Å². The summed E-state index contributed by atoms with van der Waals surface area (Å²) in [5.74, 6) is 0.0384. The van der Waals surface area contributed by atoms with Gasteiger partial charge < -0.3 is 4.90 Å². The van der Waals surface area contributed by atoms with Crippen molar-refractivity contribution in [2.24, 2.45) is 0 Å². The van der Waals surface area contributed by atoms with E-state index in [1.807, 2.05) is 32.2 Å². The van der Waals surface area contributed by atoms with Gasteiger partial charge in [0, 0.05) is 48.6 Å². The zero-order valence-corrected chi connectivity index (χ0v) is 16.2. The predicted octanol–water partition coefficient (Wildman–Crippen LogP) is 2.51. The molecule has 1 heterocycles. The van der Waals surface area contributed by atoms with E-state index in [1.165, 1.54) is 0 Å². The molecule has 7 heteroatoms. The van der Waals surface area contributed by atoms with Gasteiger partial charge in [0.25, 0.3) is 0 Å². The number of rotatable bonds is 9. The number of Topliss-reactive ketones (excluding diaryl/α,β-unsaturated/α-hetero) is 1. The molecule has 0 saturated carbocycles. The Hall–Kier alpha value is -2.25. The molecule has 0 aliphatic heterocycles. The molecule has 1 aromatic heterocycles. The maximum atomic E-state index is 12.3. The second kappa shape index (κ2) is 8.91. The molecule has 0 bridgehead atoms. The summed E-state index contributed by atoms with van der Waals surface area (Å²) >= 11 is 0. The smallest absolute Gasteiger partial charge is 0.229 e. The number of hydrogen-bond acceptors (Lipinski definition) is 5. The highest BCUT2D eigenvalue weighted by molar-refractivity contribution is 7.92. The van der Waals surface area contributed by atoms with E-state index in [-0.39, 0.29) is 5.78 Å². The third kappa shape index (κ3) is 6.93. The predicted molar refractivity (Wildman–Crippen MR) is 104 cm³/mol. The molecular formula is C19H25N3O3S. The molecule has 0 spiro atoms. The third-order valence-corrected chi connectivity index (χ3v) is 4.53. The summed E-state index contributed by atoms with van der Waals surface area (Å²) < 4.78 is 24.8. The number of anilines is 1. The van der Waals surface area contributed by atoms with E-state index in [1.54, 1.807) is 24.3 Å². The molecule has 26 heavy (non-hydrogen) atoms. The van der Waals surface area contributed by atoms with Gasteiger partial charge in [0.2, 0.25) is 10.0 Å². The van der Waals surface area contributed by atoms with Gasteiger partial charge in [-0.05, 0) is 50.4 Å². The molecule has 0 fully saturated rings. The summed E-state index contributed by atoms with van der Waals surface area (Å²) in [6.07, 6.45) is 2.35. The molecule has 140 valence electrons. The van der Waals surface area contributed by atoms with E-state index in [9.17, 15) is 13.2 Å². The zero-order valence-electron chi connectivity index (χ0n) is 15.4. The zero-order chi connectivity index (χ0) is 19.2. The lowest BCUT2D eigenvalue weighted by Gasteiger charge is -2.16. The van der Waals surface area contributed by atoms with E-state index in [4.69, 9.17) is 0 Å². The molecule has 1 N–H and O–H groups in total. The summed E-state index contributed by atoms with van der Waals surface area (Å²) in [6, 6.07) is 12.5. The number of carbonyl (C=O) groups excluding carboxylic acids is 1. The Labute approximate surface area is 155 Å². The first kappa shape index (κ1) is 20.1. The lowest BCUT2D eigenvalue weighted by atomic mass is 10.1. The van der Waals surface area contributed by atoms with Crippen LogP contribution in [0.2, 0.25) is 0 Å². The lowest BCUT2D eigenvalue weighted by molar-refractivity contribution is 0.0969. The number of likely N-dealkylation sites (N-methyl/N-ethyl adjacent to an activating group) is 1. The fraction of sp³-hybridized carbons (Fsp3) is 0.368. The van der Waals surface area contributed by atoms with Crippen LogP contribution < -0.4 is 4.72 Å². The highest BCUT2D eigenvalue weighted by atomic mass is 32.2. The summed E-state index contributed by atoms with van der Waals surface area (Å²) in [7, 11) is -1.32. The van der Waals surface area contributed by atoms with Gasteiger partial charge in [-0.25, -0.2) is 8.42 Å². The number of nitrogens with one attached hydrogen (secondary N) is 1. The highest BCUT2D eigenvalue weighted by Crippen LogP contribution is 2.12. The van der Waals surface area contributed by atoms with Gasteiger partial charge >= 0.3 is 0 Å². The monoisotopic (exact) mass is 375 g/mol. The van der Waals surface area contributed by atoms with Gasteiger partial charge in [-0.1, -0.05) is 6.07 Å². The fourth-order valence-corrected chi connectivity index (χ4v) is 3.10. The first-order valence-electron chi connectivity index (χ1n) is 8.45. The summed E-state index contributed by atoms with van der Waals surface area (Å²) in [6.45, 7) is 3.47. The van der Waals surface area contributed by atoms with E-state index in [2.05, 4.69) is 14.6 Å². The minimum Gasteiger partial charge on any atom is -0.306 e. The average Bonchev–Trinajstić information content (AvgIpc) is 2.57. The van der Waals surface area contributed by atoms with Gasteiger partial charge in [-0.15, -0.1) is 0 Å². The Bertz CT molecular complexity index is 849. The van der Waals surface area contributed by atoms with E-state index in [0.717, 1.165) is 30.6 Å². The number of nitrogens with zero attached hydrogens (tertiary/aromatic N) is 2. The second-order valence-corrected chi connectivity index (χ2v) is 8.20. The number of sulfonamides is 1. The van der Waals surface area contributed by atoms with Crippen LogP contribution in [-0.4, -0.2) is 50.5 Å². The van der Waals surface area contributed by atoms with Crippen molar-refractivity contribution in [3.05, 3.63) is 59.4 Å². The average molecular weight is 375 g/mol. The first-order valence-corrected chi connectivity index (χ1v) is 10.3. The fourth-order valence-electron chi connectivity index (χ4n) is 2.53. The number of aryl methyl sites for hydroxylation is 1. The summed E-state index contributed by atoms with van der Waals surface area (Å²) in [5.41, 5.74) is 3.09. The van der Waals surface area contributed by atoms with Crippen LogP contribution in [0.15, 0.2) is 42.5 Å². The molecule has 0 radical (unpaired) electrons. The molecule has 0 aliphatic rings. The van der Waals surface area contributed by atoms with Crippen molar-refractivity contribution in [3.63, 3.8) is 0 Å². The van der Waals surface area contributed by atoms with Gasteiger partial charge in [0.15, 0.2) is 5.78 Å². The maximum Gasteiger partial charge on any atom is 0.229 e. The van der Waals surface area contributed by atoms with Crippen LogP contribution in [0.5, 0.6) is 0 Å². The number of ketones is 1.